The van der Waals surface area contributed by atoms with Gasteiger partial charge in [-0.2, -0.15) is 5.10 Å². The second kappa shape index (κ2) is 11.8. The predicted molar refractivity (Wildman–Crippen MR) is 126 cm³/mol. The maximum absolute atomic E-state index is 12.3. The first-order valence-corrected chi connectivity index (χ1v) is 10.3. The van der Waals surface area contributed by atoms with Gasteiger partial charge in [0.15, 0.2) is 0 Å². The molecule has 9 nitrogen and oxygen atoms in total. The van der Waals surface area contributed by atoms with Gasteiger partial charge in [0.25, 0.3) is 0 Å². The minimum Gasteiger partial charge on any atom is -0.496 e. The largest absolute Gasteiger partial charge is 0.496 e. The lowest BCUT2D eigenvalue weighted by Crippen LogP contribution is -2.32. The molecule has 3 rings (SSSR count). The Labute approximate surface area is 196 Å². The third kappa shape index (κ3) is 6.67. The average Bonchev–Trinajstić information content (AvgIpc) is 2.86. The Morgan fingerprint density at radius 1 is 0.882 bits per heavy atom. The van der Waals surface area contributed by atoms with Crippen molar-refractivity contribution in [3.05, 3.63) is 83.9 Å². The Balaban J connectivity index is 1.50. The molecule has 0 saturated carbocycles. The molecular formula is C25H23N3O6. The molecular weight excluding hydrogens is 438 g/mol. The minimum absolute atomic E-state index is 0.307. The third-order valence-corrected chi connectivity index (χ3v) is 4.43. The summed E-state index contributed by atoms with van der Waals surface area (Å²) in [5, 5.41) is 6.24. The smallest absolute Gasteiger partial charge is 0.347 e. The van der Waals surface area contributed by atoms with Gasteiger partial charge in [0.2, 0.25) is 0 Å². The summed E-state index contributed by atoms with van der Waals surface area (Å²) in [4.78, 5) is 36.3. The summed E-state index contributed by atoms with van der Waals surface area (Å²) >= 11 is 0. The van der Waals surface area contributed by atoms with Crippen LogP contribution in [0.5, 0.6) is 17.2 Å². The Bertz CT molecular complexity index is 1170. The maximum atomic E-state index is 12.3. The van der Waals surface area contributed by atoms with Gasteiger partial charge in [0, 0.05) is 5.69 Å². The number of esters is 1. The fourth-order valence-corrected chi connectivity index (χ4v) is 2.80. The molecule has 0 aromatic heterocycles. The molecule has 0 heterocycles. The number of carbonyl (C=O) groups is 3. The summed E-state index contributed by atoms with van der Waals surface area (Å²) in [6, 6.07) is 19.8. The van der Waals surface area contributed by atoms with Crippen LogP contribution in [0.3, 0.4) is 0 Å². The van der Waals surface area contributed by atoms with E-state index in [4.69, 9.17) is 14.2 Å². The molecule has 0 unspecified atom stereocenters. The Kier molecular flexibility index (Phi) is 8.34. The number of hydrazone groups is 1. The van der Waals surface area contributed by atoms with Crippen LogP contribution in [0.2, 0.25) is 0 Å². The number of benzene rings is 3. The number of hydrogen-bond donors (Lipinski definition) is 2. The summed E-state index contributed by atoms with van der Waals surface area (Å²) < 4.78 is 15.8. The fourth-order valence-electron chi connectivity index (χ4n) is 2.80. The quantitative estimate of drug-likeness (QED) is 0.175. The number of ether oxygens (including phenoxy) is 3. The van der Waals surface area contributed by atoms with E-state index in [-0.39, 0.29) is 0 Å². The van der Waals surface area contributed by atoms with Crippen LogP contribution >= 0.6 is 0 Å². The van der Waals surface area contributed by atoms with Gasteiger partial charge >= 0.3 is 17.8 Å². The molecule has 0 fully saturated rings. The van der Waals surface area contributed by atoms with Gasteiger partial charge in [-0.15, -0.1) is 0 Å². The molecule has 9 heteroatoms. The van der Waals surface area contributed by atoms with E-state index in [0.717, 1.165) is 0 Å². The van der Waals surface area contributed by atoms with Crippen LogP contribution in [-0.2, 0) is 9.59 Å². The van der Waals surface area contributed by atoms with Crippen molar-refractivity contribution in [3.8, 4) is 17.2 Å². The summed E-state index contributed by atoms with van der Waals surface area (Å²) in [6.07, 6.45) is 1.36. The zero-order chi connectivity index (χ0) is 24.3. The van der Waals surface area contributed by atoms with Crippen molar-refractivity contribution in [2.24, 2.45) is 5.10 Å². The van der Waals surface area contributed by atoms with Gasteiger partial charge < -0.3 is 19.5 Å². The van der Waals surface area contributed by atoms with Crippen molar-refractivity contribution in [3.63, 3.8) is 0 Å². The minimum atomic E-state index is -0.924. The van der Waals surface area contributed by atoms with Crippen molar-refractivity contribution in [2.45, 2.75) is 6.92 Å². The summed E-state index contributed by atoms with van der Waals surface area (Å²) in [7, 11) is 1.47. The molecule has 3 aromatic carbocycles. The second-order valence-corrected chi connectivity index (χ2v) is 6.77. The molecule has 34 heavy (non-hydrogen) atoms. The van der Waals surface area contributed by atoms with E-state index in [1.807, 2.05) is 6.92 Å². The fraction of sp³-hybridized carbons (Fsp3) is 0.120. The highest BCUT2D eigenvalue weighted by atomic mass is 16.5. The molecule has 0 bridgehead atoms. The average molecular weight is 461 g/mol. The third-order valence-electron chi connectivity index (χ3n) is 4.43. The molecule has 3 aromatic rings. The lowest BCUT2D eigenvalue weighted by Gasteiger charge is -2.08. The monoisotopic (exact) mass is 461 g/mol. The highest BCUT2D eigenvalue weighted by Crippen LogP contribution is 2.20. The number of carbonyl (C=O) groups excluding carboxylic acids is 3. The van der Waals surface area contributed by atoms with Crippen LogP contribution in [0, 0.1) is 0 Å². The number of para-hydroxylation sites is 1. The maximum Gasteiger partial charge on any atom is 0.347 e. The molecule has 0 spiro atoms. The van der Waals surface area contributed by atoms with Crippen molar-refractivity contribution in [2.75, 3.05) is 19.0 Å². The number of rotatable bonds is 8. The molecule has 2 amide bonds. The van der Waals surface area contributed by atoms with Gasteiger partial charge in [-0.05, 0) is 73.2 Å². The highest BCUT2D eigenvalue weighted by molar-refractivity contribution is 6.39. The number of nitrogens with zero attached hydrogens (tertiary/aromatic N) is 1. The molecule has 0 radical (unpaired) electrons. The van der Waals surface area contributed by atoms with Crippen molar-refractivity contribution >= 4 is 29.7 Å². The van der Waals surface area contributed by atoms with Gasteiger partial charge in [0.1, 0.15) is 22.8 Å². The molecule has 0 aliphatic heterocycles. The zero-order valence-corrected chi connectivity index (χ0v) is 18.6. The molecule has 0 aliphatic carbocycles. The van der Waals surface area contributed by atoms with Crippen LogP contribution in [-0.4, -0.2) is 37.7 Å². The molecule has 0 atom stereocenters. The number of amides is 2. The Hall–Kier alpha value is -4.66. The summed E-state index contributed by atoms with van der Waals surface area (Å²) in [6.45, 7) is 2.40. The number of anilines is 1. The van der Waals surface area contributed by atoms with Crippen LogP contribution in [0.4, 0.5) is 5.69 Å². The van der Waals surface area contributed by atoms with Gasteiger partial charge in [0.05, 0.1) is 19.9 Å². The van der Waals surface area contributed by atoms with Crippen LogP contribution in [0.25, 0.3) is 0 Å². The van der Waals surface area contributed by atoms with Crippen LogP contribution in [0.15, 0.2) is 77.9 Å². The first-order chi connectivity index (χ1) is 16.5. The molecule has 174 valence electrons. The Morgan fingerprint density at radius 2 is 1.56 bits per heavy atom. The predicted octanol–water partition coefficient (Wildman–Crippen LogP) is 3.40. The lowest BCUT2D eigenvalue weighted by atomic mass is 10.2. The lowest BCUT2D eigenvalue weighted by molar-refractivity contribution is -0.136. The topological polar surface area (TPSA) is 115 Å². The normalized spacial score (nSPS) is 10.4. The Morgan fingerprint density at radius 3 is 2.24 bits per heavy atom. The van der Waals surface area contributed by atoms with Crippen LogP contribution in [0.1, 0.15) is 22.8 Å². The van der Waals surface area contributed by atoms with Crippen molar-refractivity contribution in [1.82, 2.24) is 5.43 Å². The standard InChI is InChI=1S/C25H23N3O6/c1-3-33-19-14-10-18(11-15-19)27-23(29)24(30)28-26-16-17-8-12-20(13-9-17)34-25(31)21-6-4-5-7-22(21)32-2/h4-16H,3H2,1-2H3,(H,27,29)(H,28,30)/b26-16+. The van der Waals surface area contributed by atoms with Crippen molar-refractivity contribution < 1.29 is 28.6 Å². The first kappa shape index (κ1) is 24.0. The first-order valence-electron chi connectivity index (χ1n) is 10.3. The number of methoxy groups -OCH3 is 1. The highest BCUT2D eigenvalue weighted by Gasteiger charge is 2.14. The van der Waals surface area contributed by atoms with Gasteiger partial charge in [-0.1, -0.05) is 12.1 Å². The van der Waals surface area contributed by atoms with E-state index in [2.05, 4.69) is 15.8 Å². The van der Waals surface area contributed by atoms with E-state index in [0.29, 0.717) is 40.7 Å². The van der Waals surface area contributed by atoms with Crippen LogP contribution < -0.4 is 25.0 Å². The van der Waals surface area contributed by atoms with Crippen molar-refractivity contribution in [1.29, 1.82) is 0 Å². The van der Waals surface area contributed by atoms with E-state index < -0.39 is 17.8 Å². The van der Waals surface area contributed by atoms with E-state index in [9.17, 15) is 14.4 Å². The number of nitrogens with one attached hydrogen (secondary N) is 2. The van der Waals surface area contributed by atoms with E-state index >= 15 is 0 Å². The van der Waals surface area contributed by atoms with Gasteiger partial charge in [-0.3, -0.25) is 9.59 Å². The molecule has 0 saturated heterocycles. The zero-order valence-electron chi connectivity index (χ0n) is 18.6. The summed E-state index contributed by atoms with van der Waals surface area (Å²) in [5.41, 5.74) is 3.53. The number of hydrogen-bond acceptors (Lipinski definition) is 7. The summed E-state index contributed by atoms with van der Waals surface area (Å²) in [5.74, 6) is -0.933. The van der Waals surface area contributed by atoms with Gasteiger partial charge in [-0.25, -0.2) is 10.2 Å². The molecule has 0 aliphatic rings. The van der Waals surface area contributed by atoms with E-state index in [1.165, 1.54) is 13.3 Å². The second-order valence-electron chi connectivity index (χ2n) is 6.77. The SMILES string of the molecule is CCOc1ccc(NC(=O)C(=O)N/N=C/c2ccc(OC(=O)c3ccccc3OC)cc2)cc1. The van der Waals surface area contributed by atoms with E-state index in [1.54, 1.807) is 72.8 Å². The molecule has 2 N–H and O–H groups in total.